The third kappa shape index (κ3) is 3.42. The first-order valence-corrected chi connectivity index (χ1v) is 8.69. The molecule has 0 fully saturated rings. The molecule has 0 spiro atoms. The number of fused-ring (bicyclic) bond motifs is 1. The normalized spacial score (nSPS) is 10.9. The molecular weight excluding hydrogens is 338 g/mol. The van der Waals surface area contributed by atoms with Gasteiger partial charge >= 0.3 is 0 Å². The van der Waals surface area contributed by atoms with E-state index in [0.717, 1.165) is 22.8 Å². The van der Waals surface area contributed by atoms with Crippen LogP contribution < -0.4 is 5.32 Å². The smallest absolute Gasteiger partial charge is 0.254 e. The van der Waals surface area contributed by atoms with Crippen LogP contribution in [0, 0.1) is 13.8 Å². The molecule has 6 nitrogen and oxygen atoms in total. The lowest BCUT2D eigenvalue weighted by molar-refractivity contribution is 0.101. The molecule has 0 amide bonds. The summed E-state index contributed by atoms with van der Waals surface area (Å²) in [5.74, 6) is 1.97. The van der Waals surface area contributed by atoms with Gasteiger partial charge in [-0.1, -0.05) is 29.8 Å². The van der Waals surface area contributed by atoms with Crippen LogP contribution in [0.4, 0.5) is 11.5 Å². The molecule has 1 N–H and O–H groups in total. The van der Waals surface area contributed by atoms with Gasteiger partial charge in [-0.05, 0) is 45.0 Å². The van der Waals surface area contributed by atoms with E-state index in [0.29, 0.717) is 17.2 Å². The van der Waals surface area contributed by atoms with E-state index < -0.39 is 0 Å². The summed E-state index contributed by atoms with van der Waals surface area (Å²) < 4.78 is 1.70. The summed E-state index contributed by atoms with van der Waals surface area (Å²) in [5, 5.41) is 7.96. The number of anilines is 2. The molecule has 4 rings (SSSR count). The quantitative estimate of drug-likeness (QED) is 0.550. The summed E-state index contributed by atoms with van der Waals surface area (Å²) in [4.78, 5) is 20.5. The predicted octanol–water partition coefficient (Wildman–Crippen LogP) is 4.35. The van der Waals surface area contributed by atoms with E-state index in [2.05, 4.69) is 20.4 Å². The van der Waals surface area contributed by atoms with Crippen molar-refractivity contribution in [1.29, 1.82) is 0 Å². The number of nitrogens with one attached hydrogen (secondary N) is 1. The molecule has 0 radical (unpaired) electrons. The number of nitrogens with zero attached hydrogens (tertiary/aromatic N) is 4. The van der Waals surface area contributed by atoms with Crippen molar-refractivity contribution < 1.29 is 4.79 Å². The van der Waals surface area contributed by atoms with Crippen molar-refractivity contribution in [2.24, 2.45) is 0 Å². The van der Waals surface area contributed by atoms with Gasteiger partial charge in [-0.2, -0.15) is 9.50 Å². The summed E-state index contributed by atoms with van der Waals surface area (Å²) in [6.07, 6.45) is 0. The van der Waals surface area contributed by atoms with Gasteiger partial charge in [0.25, 0.3) is 5.78 Å². The van der Waals surface area contributed by atoms with Gasteiger partial charge in [-0.25, -0.2) is 4.98 Å². The Labute approximate surface area is 156 Å². The monoisotopic (exact) mass is 357 g/mol. The molecule has 0 aliphatic heterocycles. The summed E-state index contributed by atoms with van der Waals surface area (Å²) in [5.41, 5.74) is 4.51. The molecular formula is C21H19N5O. The molecule has 0 aliphatic carbocycles. The summed E-state index contributed by atoms with van der Waals surface area (Å²) >= 11 is 0. The average Bonchev–Trinajstić information content (AvgIpc) is 3.07. The van der Waals surface area contributed by atoms with E-state index in [1.165, 1.54) is 5.56 Å². The van der Waals surface area contributed by atoms with Gasteiger partial charge in [-0.15, -0.1) is 5.10 Å². The van der Waals surface area contributed by atoms with Crippen molar-refractivity contribution in [3.63, 3.8) is 0 Å². The third-order valence-electron chi connectivity index (χ3n) is 4.31. The molecule has 0 unspecified atom stereocenters. The van der Waals surface area contributed by atoms with Crippen LogP contribution in [-0.2, 0) is 0 Å². The van der Waals surface area contributed by atoms with Crippen LogP contribution >= 0.6 is 0 Å². The van der Waals surface area contributed by atoms with E-state index in [1.807, 2.05) is 56.3 Å². The van der Waals surface area contributed by atoms with Gasteiger partial charge < -0.3 is 5.32 Å². The first kappa shape index (κ1) is 16.9. The van der Waals surface area contributed by atoms with Crippen LogP contribution in [0.1, 0.15) is 28.5 Å². The van der Waals surface area contributed by atoms with Crippen molar-refractivity contribution >= 4 is 23.1 Å². The van der Waals surface area contributed by atoms with Crippen LogP contribution in [0.2, 0.25) is 0 Å². The highest BCUT2D eigenvalue weighted by Gasteiger charge is 2.12. The van der Waals surface area contributed by atoms with Gasteiger partial charge in [0.2, 0.25) is 0 Å². The number of hydrogen-bond acceptors (Lipinski definition) is 5. The maximum Gasteiger partial charge on any atom is 0.254 e. The Balaban J connectivity index is 1.73. The highest BCUT2D eigenvalue weighted by atomic mass is 16.1. The summed E-state index contributed by atoms with van der Waals surface area (Å²) in [6.45, 7) is 5.52. The van der Waals surface area contributed by atoms with Crippen LogP contribution in [0.25, 0.3) is 17.2 Å². The van der Waals surface area contributed by atoms with Crippen molar-refractivity contribution in [2.75, 3.05) is 5.32 Å². The van der Waals surface area contributed by atoms with Gasteiger partial charge in [0.15, 0.2) is 11.6 Å². The van der Waals surface area contributed by atoms with Gasteiger partial charge in [-0.3, -0.25) is 4.79 Å². The number of carbonyl (C=O) groups is 1. The van der Waals surface area contributed by atoms with E-state index >= 15 is 0 Å². The van der Waals surface area contributed by atoms with E-state index in [1.54, 1.807) is 23.6 Å². The third-order valence-corrected chi connectivity index (χ3v) is 4.31. The maximum atomic E-state index is 11.4. The van der Waals surface area contributed by atoms with E-state index in [4.69, 9.17) is 0 Å². The van der Waals surface area contributed by atoms with Crippen molar-refractivity contribution in [3.8, 4) is 11.4 Å². The topological polar surface area (TPSA) is 72.2 Å². The van der Waals surface area contributed by atoms with Crippen molar-refractivity contribution in [2.45, 2.75) is 20.8 Å². The molecule has 27 heavy (non-hydrogen) atoms. The molecule has 0 bridgehead atoms. The lowest BCUT2D eigenvalue weighted by Crippen LogP contribution is -2.03. The second-order valence-electron chi connectivity index (χ2n) is 6.55. The molecule has 4 aromatic rings. The number of hydrogen-bond donors (Lipinski definition) is 1. The Morgan fingerprint density at radius 1 is 0.963 bits per heavy atom. The number of benzene rings is 2. The predicted molar refractivity (Wildman–Crippen MR) is 105 cm³/mol. The summed E-state index contributed by atoms with van der Waals surface area (Å²) in [6, 6.07) is 17.3. The molecule has 0 aliphatic rings. The minimum absolute atomic E-state index is 0.0442. The average molecular weight is 357 g/mol. The number of aryl methyl sites for hydroxylation is 2. The molecule has 0 atom stereocenters. The van der Waals surface area contributed by atoms with Crippen LogP contribution in [0.5, 0.6) is 0 Å². The zero-order valence-electron chi connectivity index (χ0n) is 15.4. The number of ketones is 1. The minimum Gasteiger partial charge on any atom is -0.340 e. The molecule has 134 valence electrons. The second kappa shape index (κ2) is 6.64. The van der Waals surface area contributed by atoms with Crippen LogP contribution in [-0.4, -0.2) is 25.4 Å². The second-order valence-corrected chi connectivity index (χ2v) is 6.55. The number of carbonyl (C=O) groups excluding carboxylic acids is 1. The van der Waals surface area contributed by atoms with Crippen molar-refractivity contribution in [3.05, 3.63) is 71.4 Å². The van der Waals surface area contributed by atoms with Crippen molar-refractivity contribution in [1.82, 2.24) is 19.6 Å². The molecule has 2 aromatic carbocycles. The zero-order chi connectivity index (χ0) is 19.0. The minimum atomic E-state index is 0.0442. The number of aromatic nitrogens is 4. The maximum absolute atomic E-state index is 11.4. The number of rotatable bonds is 4. The molecule has 2 aromatic heterocycles. The molecule has 6 heteroatoms. The highest BCUT2D eigenvalue weighted by Crippen LogP contribution is 2.22. The summed E-state index contributed by atoms with van der Waals surface area (Å²) in [7, 11) is 0. The van der Waals surface area contributed by atoms with Gasteiger partial charge in [0.05, 0.1) is 0 Å². The fraction of sp³-hybridized carbons (Fsp3) is 0.143. The lowest BCUT2D eigenvalue weighted by Gasteiger charge is -2.09. The SMILES string of the molecule is CC(=O)c1ccc(Nc2cc(C)nc3nc(-c4ccc(C)cc4)nn23)cc1. The van der Waals surface area contributed by atoms with Crippen LogP contribution in [0.3, 0.4) is 0 Å². The lowest BCUT2D eigenvalue weighted by atomic mass is 10.1. The molecule has 0 saturated heterocycles. The fourth-order valence-electron chi connectivity index (χ4n) is 2.84. The molecule has 2 heterocycles. The van der Waals surface area contributed by atoms with E-state index in [-0.39, 0.29) is 5.78 Å². The Bertz CT molecular complexity index is 1130. The fourth-order valence-corrected chi connectivity index (χ4v) is 2.84. The Kier molecular flexibility index (Phi) is 4.16. The standard InChI is InChI=1S/C21H19N5O/c1-13-4-6-17(7-5-13)20-24-21-22-14(2)12-19(26(21)25-20)23-18-10-8-16(9-11-18)15(3)27/h4-12,23H,1-3H3. The first-order chi connectivity index (χ1) is 13.0. The number of Topliss-reactive ketones (excluding diaryl/α,β-unsaturated/α-hetero) is 1. The van der Waals surface area contributed by atoms with Gasteiger partial charge in [0.1, 0.15) is 5.82 Å². The highest BCUT2D eigenvalue weighted by molar-refractivity contribution is 5.94. The Morgan fingerprint density at radius 3 is 2.33 bits per heavy atom. The van der Waals surface area contributed by atoms with Gasteiger partial charge in [0, 0.05) is 28.6 Å². The Morgan fingerprint density at radius 2 is 1.67 bits per heavy atom. The largest absolute Gasteiger partial charge is 0.340 e. The first-order valence-electron chi connectivity index (χ1n) is 8.69. The zero-order valence-corrected chi connectivity index (χ0v) is 15.4. The van der Waals surface area contributed by atoms with E-state index in [9.17, 15) is 4.79 Å². The van der Waals surface area contributed by atoms with Crippen LogP contribution in [0.15, 0.2) is 54.6 Å². The molecule has 0 saturated carbocycles. The Hall–Kier alpha value is -3.54.